The molecule has 0 radical (unpaired) electrons. The SMILES string of the molecule is CCOc1ccc(Cc2cc(C3CC(O)C[C@@](COC)(OCC#N)O3)ccc2Cl)cc1.CO. The molecule has 3 atom stereocenters. The average molecular weight is 478 g/mol. The van der Waals surface area contributed by atoms with Crippen molar-refractivity contribution in [2.24, 2.45) is 0 Å². The molecule has 1 saturated heterocycles. The zero-order chi connectivity index (χ0) is 24.3. The summed E-state index contributed by atoms with van der Waals surface area (Å²) in [5, 5.41) is 27.1. The van der Waals surface area contributed by atoms with Gasteiger partial charge in [0.05, 0.1) is 24.9 Å². The molecule has 2 aromatic carbocycles. The molecule has 0 aromatic heterocycles. The molecule has 0 amide bonds. The van der Waals surface area contributed by atoms with Gasteiger partial charge in [0.1, 0.15) is 19.0 Å². The van der Waals surface area contributed by atoms with Crippen LogP contribution in [0.15, 0.2) is 42.5 Å². The lowest BCUT2D eigenvalue weighted by molar-refractivity contribution is -0.308. The van der Waals surface area contributed by atoms with Crippen LogP contribution in [0.5, 0.6) is 5.75 Å². The highest BCUT2D eigenvalue weighted by Crippen LogP contribution is 2.39. The molecule has 2 unspecified atom stereocenters. The fraction of sp³-hybridized carbons (Fsp3) is 0.480. The Morgan fingerprint density at radius 3 is 2.58 bits per heavy atom. The first-order valence-electron chi connectivity index (χ1n) is 10.8. The van der Waals surface area contributed by atoms with Gasteiger partial charge in [-0.2, -0.15) is 5.26 Å². The van der Waals surface area contributed by atoms with Crippen molar-refractivity contribution in [1.82, 2.24) is 0 Å². The van der Waals surface area contributed by atoms with E-state index in [0.717, 1.165) is 29.5 Å². The van der Waals surface area contributed by atoms with E-state index in [1.165, 1.54) is 7.11 Å². The van der Waals surface area contributed by atoms with Crippen LogP contribution < -0.4 is 4.74 Å². The number of aliphatic hydroxyl groups excluding tert-OH is 2. The Bertz CT molecular complexity index is 901. The summed E-state index contributed by atoms with van der Waals surface area (Å²) < 4.78 is 22.7. The second kappa shape index (κ2) is 13.5. The quantitative estimate of drug-likeness (QED) is 0.562. The van der Waals surface area contributed by atoms with Gasteiger partial charge in [-0.3, -0.25) is 0 Å². The summed E-state index contributed by atoms with van der Waals surface area (Å²) in [4.78, 5) is 0. The topological polar surface area (TPSA) is 101 Å². The number of benzene rings is 2. The summed E-state index contributed by atoms with van der Waals surface area (Å²) in [5.74, 6) is -0.329. The third-order valence-corrected chi connectivity index (χ3v) is 5.59. The molecule has 1 aliphatic rings. The minimum atomic E-state index is -1.16. The van der Waals surface area contributed by atoms with Crippen LogP contribution in [-0.4, -0.2) is 56.1 Å². The molecule has 8 heteroatoms. The number of methoxy groups -OCH3 is 1. The molecule has 0 bridgehead atoms. The first-order valence-corrected chi connectivity index (χ1v) is 11.2. The summed E-state index contributed by atoms with van der Waals surface area (Å²) >= 11 is 6.47. The second-order valence-corrected chi connectivity index (χ2v) is 8.00. The third-order valence-electron chi connectivity index (χ3n) is 5.22. The van der Waals surface area contributed by atoms with Gasteiger partial charge >= 0.3 is 0 Å². The molecule has 33 heavy (non-hydrogen) atoms. The second-order valence-electron chi connectivity index (χ2n) is 7.60. The summed E-state index contributed by atoms with van der Waals surface area (Å²) in [6, 6.07) is 15.6. The average Bonchev–Trinajstić information content (AvgIpc) is 2.82. The maximum Gasteiger partial charge on any atom is 0.196 e. The highest BCUT2D eigenvalue weighted by atomic mass is 35.5. The van der Waals surface area contributed by atoms with Gasteiger partial charge in [0.15, 0.2) is 5.79 Å². The normalized spacial score (nSPS) is 22.1. The van der Waals surface area contributed by atoms with E-state index in [9.17, 15) is 5.11 Å². The molecule has 0 spiro atoms. The Kier molecular flexibility index (Phi) is 11.1. The first kappa shape index (κ1) is 27.1. The number of nitriles is 1. The van der Waals surface area contributed by atoms with Crippen LogP contribution in [0.4, 0.5) is 0 Å². The Morgan fingerprint density at radius 2 is 1.94 bits per heavy atom. The lowest BCUT2D eigenvalue weighted by atomic mass is 9.92. The van der Waals surface area contributed by atoms with Crippen LogP contribution in [0, 0.1) is 11.3 Å². The van der Waals surface area contributed by atoms with E-state index in [1.54, 1.807) is 0 Å². The van der Waals surface area contributed by atoms with Crippen molar-refractivity contribution in [2.75, 3.05) is 34.0 Å². The van der Waals surface area contributed by atoms with Crippen LogP contribution >= 0.6 is 11.6 Å². The van der Waals surface area contributed by atoms with Crippen LogP contribution in [0.2, 0.25) is 5.02 Å². The standard InChI is InChI=1S/C24H28ClNO5.CH4O/c1-3-29-21-7-4-17(5-8-21)12-19-13-18(6-9-22(19)25)23-14-20(27)15-24(31-23,16-28-2)30-11-10-26;1-2/h4-9,13,20,23,27H,3,11-12,14-16H2,1-2H3;2H,1H3/t20?,23?,24-;/m1./s1. The number of rotatable bonds is 9. The molecule has 2 N–H and O–H groups in total. The van der Waals surface area contributed by atoms with Crippen LogP contribution in [-0.2, 0) is 20.6 Å². The Labute approximate surface area is 200 Å². The predicted molar refractivity (Wildman–Crippen MR) is 125 cm³/mol. The van der Waals surface area contributed by atoms with Gasteiger partial charge in [-0.15, -0.1) is 0 Å². The number of aliphatic hydroxyl groups is 2. The van der Waals surface area contributed by atoms with E-state index in [1.807, 2.05) is 55.5 Å². The van der Waals surface area contributed by atoms with Gasteiger partial charge in [-0.1, -0.05) is 35.9 Å². The molecule has 0 aliphatic carbocycles. The fourth-order valence-electron chi connectivity index (χ4n) is 3.88. The molecule has 1 fully saturated rings. The monoisotopic (exact) mass is 477 g/mol. The van der Waals surface area contributed by atoms with Crippen molar-refractivity contribution in [3.8, 4) is 11.8 Å². The van der Waals surface area contributed by atoms with Crippen molar-refractivity contribution in [3.63, 3.8) is 0 Å². The summed E-state index contributed by atoms with van der Waals surface area (Å²) in [5.41, 5.74) is 2.96. The van der Waals surface area contributed by atoms with Gasteiger partial charge in [-0.05, 0) is 48.2 Å². The van der Waals surface area contributed by atoms with Crippen molar-refractivity contribution in [3.05, 3.63) is 64.2 Å². The highest BCUT2D eigenvalue weighted by Gasteiger charge is 2.43. The smallest absolute Gasteiger partial charge is 0.196 e. The third kappa shape index (κ3) is 7.68. The molecule has 1 aliphatic heterocycles. The summed E-state index contributed by atoms with van der Waals surface area (Å²) in [7, 11) is 2.54. The van der Waals surface area contributed by atoms with Crippen LogP contribution in [0.3, 0.4) is 0 Å². The van der Waals surface area contributed by atoms with Crippen LogP contribution in [0.1, 0.15) is 42.6 Å². The fourth-order valence-corrected chi connectivity index (χ4v) is 4.07. The van der Waals surface area contributed by atoms with Gasteiger partial charge in [0.25, 0.3) is 0 Å². The van der Waals surface area contributed by atoms with E-state index in [2.05, 4.69) is 0 Å². The number of nitrogens with zero attached hydrogens (tertiary/aromatic N) is 1. The lowest BCUT2D eigenvalue weighted by Crippen LogP contribution is -2.48. The predicted octanol–water partition coefficient (Wildman–Crippen LogP) is 4.03. The van der Waals surface area contributed by atoms with Gasteiger partial charge in [0, 0.05) is 32.1 Å². The Morgan fingerprint density at radius 1 is 1.21 bits per heavy atom. The Balaban J connectivity index is 0.00000187. The molecule has 7 nitrogen and oxygen atoms in total. The highest BCUT2D eigenvalue weighted by molar-refractivity contribution is 6.31. The lowest BCUT2D eigenvalue weighted by Gasteiger charge is -2.42. The number of hydrogen-bond donors (Lipinski definition) is 2. The van der Waals surface area contributed by atoms with Crippen LogP contribution in [0.25, 0.3) is 0 Å². The molecule has 180 valence electrons. The number of ether oxygens (including phenoxy) is 4. The van der Waals surface area contributed by atoms with Gasteiger partial charge in [0.2, 0.25) is 0 Å². The number of hydrogen-bond acceptors (Lipinski definition) is 7. The Hall–Kier alpha value is -2.18. The molecule has 3 rings (SSSR count). The minimum absolute atomic E-state index is 0.120. The van der Waals surface area contributed by atoms with E-state index < -0.39 is 18.0 Å². The number of halogens is 1. The maximum atomic E-state index is 10.5. The zero-order valence-corrected chi connectivity index (χ0v) is 20.0. The maximum absolute atomic E-state index is 10.5. The van der Waals surface area contributed by atoms with Crippen molar-refractivity contribution in [2.45, 2.75) is 44.2 Å². The molecule has 0 saturated carbocycles. The molecule has 2 aromatic rings. The molecular weight excluding hydrogens is 446 g/mol. The summed E-state index contributed by atoms with van der Waals surface area (Å²) in [6.45, 7) is 2.56. The van der Waals surface area contributed by atoms with E-state index >= 15 is 0 Å². The van der Waals surface area contributed by atoms with Gasteiger partial charge < -0.3 is 29.2 Å². The van der Waals surface area contributed by atoms with Crippen molar-refractivity contribution in [1.29, 1.82) is 5.26 Å². The zero-order valence-electron chi connectivity index (χ0n) is 19.3. The van der Waals surface area contributed by atoms with Crippen molar-refractivity contribution >= 4 is 11.6 Å². The van der Waals surface area contributed by atoms with E-state index in [0.29, 0.717) is 24.5 Å². The largest absolute Gasteiger partial charge is 0.494 e. The molecular formula is C25H32ClNO6. The molecule has 1 heterocycles. The minimum Gasteiger partial charge on any atom is -0.494 e. The summed E-state index contributed by atoms with van der Waals surface area (Å²) in [6.07, 6.45) is 0.270. The van der Waals surface area contributed by atoms with E-state index in [4.69, 9.17) is 40.9 Å². The van der Waals surface area contributed by atoms with Gasteiger partial charge in [-0.25, -0.2) is 0 Å². The van der Waals surface area contributed by atoms with Crippen molar-refractivity contribution < 1.29 is 29.2 Å². The van der Waals surface area contributed by atoms with E-state index in [-0.39, 0.29) is 19.6 Å². The first-order chi connectivity index (χ1) is 16.0.